The fourth-order valence-corrected chi connectivity index (χ4v) is 7.07. The molecular weight excluding hydrogens is 767 g/mol. The summed E-state index contributed by atoms with van der Waals surface area (Å²) in [4.78, 5) is 35.6. The quantitative estimate of drug-likeness (QED) is 0.0159. The minimum absolute atomic E-state index is 0.0749. The van der Waals surface area contributed by atoms with Gasteiger partial charge in [-0.3, -0.25) is 18.6 Å². The first-order chi connectivity index (χ1) is 27.9. The standard InChI is InChI=1S/C44H75O13P/c1-3-5-7-9-11-13-15-17-19-21-22-24-26-28-30-32-37(45)54-34-36(35-55-58(52,53)57-44-42(50)40(48)39(47)41(49)43(44)51)56-38(46)33-31-29-27-25-23-20-18-16-14-12-10-8-6-4-2/h5,7,11,13,16-19,22,24,36,39-44,47-51H,3-4,6,8-10,12,14-15,20-21,23,25-35H2,1-2H3,(H,52,53)/b7-5+,13-11+,18-16+,19-17+,24-22+/t36-,39?,40-,41?,42?,43?,44?/m0/s1. The number of phosphoric ester groups is 1. The summed E-state index contributed by atoms with van der Waals surface area (Å²) in [7, 11) is -5.13. The van der Waals surface area contributed by atoms with Gasteiger partial charge in [-0.2, -0.15) is 0 Å². The number of aliphatic hydroxyl groups excluding tert-OH is 5. The van der Waals surface area contributed by atoms with E-state index in [9.17, 15) is 44.6 Å². The van der Waals surface area contributed by atoms with Gasteiger partial charge in [0.2, 0.25) is 0 Å². The van der Waals surface area contributed by atoms with E-state index in [0.29, 0.717) is 12.8 Å². The summed E-state index contributed by atoms with van der Waals surface area (Å²) in [6.45, 7) is 3.11. The third-order valence-electron chi connectivity index (χ3n) is 9.59. The molecule has 0 bridgehead atoms. The van der Waals surface area contributed by atoms with Crippen molar-refractivity contribution in [3.05, 3.63) is 60.8 Å². The van der Waals surface area contributed by atoms with Crippen molar-refractivity contribution < 1.29 is 63.1 Å². The number of hydrogen-bond acceptors (Lipinski definition) is 12. The summed E-state index contributed by atoms with van der Waals surface area (Å²) in [6.07, 6.45) is 27.1. The van der Waals surface area contributed by atoms with Crippen LogP contribution < -0.4 is 0 Å². The lowest BCUT2D eigenvalue weighted by Crippen LogP contribution is -2.64. The predicted octanol–water partition coefficient (Wildman–Crippen LogP) is 7.77. The van der Waals surface area contributed by atoms with E-state index in [4.69, 9.17) is 18.5 Å². The van der Waals surface area contributed by atoms with Crippen LogP contribution in [0.4, 0.5) is 0 Å². The van der Waals surface area contributed by atoms with Crippen LogP contribution in [0.2, 0.25) is 0 Å². The fraction of sp³-hybridized carbons (Fsp3) is 0.727. The zero-order chi connectivity index (χ0) is 42.9. The van der Waals surface area contributed by atoms with Crippen LogP contribution in [0.15, 0.2) is 60.8 Å². The Bertz CT molecular complexity index is 1250. The molecule has 1 rings (SSSR count). The minimum atomic E-state index is -5.13. The van der Waals surface area contributed by atoms with Crippen molar-refractivity contribution in [3.8, 4) is 0 Å². The van der Waals surface area contributed by atoms with Gasteiger partial charge in [-0.15, -0.1) is 0 Å². The Morgan fingerprint density at radius 1 is 0.552 bits per heavy atom. The number of carbonyl (C=O) groups excluding carboxylic acids is 2. The van der Waals surface area contributed by atoms with Gasteiger partial charge in [-0.05, 0) is 77.0 Å². The second kappa shape index (κ2) is 34.3. The summed E-state index contributed by atoms with van der Waals surface area (Å²) in [5.74, 6) is -1.16. The normalized spacial score (nSPS) is 23.1. The van der Waals surface area contributed by atoms with E-state index in [2.05, 4.69) is 74.6 Å². The molecule has 0 saturated heterocycles. The van der Waals surface area contributed by atoms with Crippen molar-refractivity contribution in [1.29, 1.82) is 0 Å². The van der Waals surface area contributed by atoms with E-state index in [1.165, 1.54) is 32.1 Å². The van der Waals surface area contributed by atoms with E-state index in [1.807, 2.05) is 0 Å². The summed E-state index contributed by atoms with van der Waals surface area (Å²) in [6, 6.07) is 0. The highest BCUT2D eigenvalue weighted by Crippen LogP contribution is 2.47. The lowest BCUT2D eigenvalue weighted by Gasteiger charge is -2.41. The van der Waals surface area contributed by atoms with Crippen molar-refractivity contribution in [2.24, 2.45) is 0 Å². The molecule has 6 unspecified atom stereocenters. The number of allylic oxidation sites excluding steroid dienone is 10. The molecular formula is C44H75O13P. The maximum Gasteiger partial charge on any atom is 0.472 e. The van der Waals surface area contributed by atoms with Gasteiger partial charge < -0.3 is 39.9 Å². The maximum atomic E-state index is 12.8. The number of rotatable bonds is 34. The van der Waals surface area contributed by atoms with Crippen LogP contribution in [0.5, 0.6) is 0 Å². The molecule has 13 nitrogen and oxygen atoms in total. The molecule has 0 aromatic heterocycles. The van der Waals surface area contributed by atoms with Crippen molar-refractivity contribution in [1.82, 2.24) is 0 Å². The van der Waals surface area contributed by atoms with Crippen molar-refractivity contribution >= 4 is 19.8 Å². The second-order valence-corrected chi connectivity index (χ2v) is 16.2. The van der Waals surface area contributed by atoms with Crippen LogP contribution in [0.3, 0.4) is 0 Å². The summed E-state index contributed by atoms with van der Waals surface area (Å²) in [5.41, 5.74) is 0. The zero-order valence-corrected chi connectivity index (χ0v) is 36.0. The van der Waals surface area contributed by atoms with Crippen LogP contribution in [0.1, 0.15) is 149 Å². The molecule has 1 saturated carbocycles. The van der Waals surface area contributed by atoms with Crippen molar-refractivity contribution in [2.75, 3.05) is 13.2 Å². The molecule has 1 aliphatic rings. The Labute approximate surface area is 347 Å². The lowest BCUT2D eigenvalue weighted by atomic mass is 9.85. The van der Waals surface area contributed by atoms with Gasteiger partial charge >= 0.3 is 19.8 Å². The molecule has 334 valence electrons. The number of ether oxygens (including phenoxy) is 2. The minimum Gasteiger partial charge on any atom is -0.462 e. The number of esters is 2. The molecule has 1 aliphatic carbocycles. The highest BCUT2D eigenvalue weighted by Gasteiger charge is 2.51. The molecule has 58 heavy (non-hydrogen) atoms. The van der Waals surface area contributed by atoms with E-state index in [0.717, 1.165) is 77.0 Å². The van der Waals surface area contributed by atoms with E-state index >= 15 is 0 Å². The van der Waals surface area contributed by atoms with Gasteiger partial charge in [0, 0.05) is 12.8 Å². The van der Waals surface area contributed by atoms with Gasteiger partial charge in [0.1, 0.15) is 43.2 Å². The number of phosphoric acid groups is 1. The van der Waals surface area contributed by atoms with Crippen LogP contribution in [-0.4, -0.2) is 98.3 Å². The van der Waals surface area contributed by atoms with Gasteiger partial charge in [-0.1, -0.05) is 120 Å². The topological polar surface area (TPSA) is 210 Å². The van der Waals surface area contributed by atoms with Crippen molar-refractivity contribution in [2.45, 2.75) is 191 Å². The molecule has 0 heterocycles. The van der Waals surface area contributed by atoms with Crippen LogP contribution >= 0.6 is 7.82 Å². The first kappa shape index (κ1) is 53.6. The molecule has 0 amide bonds. The summed E-state index contributed by atoms with van der Waals surface area (Å²) in [5, 5.41) is 50.0. The third-order valence-corrected chi connectivity index (χ3v) is 10.6. The molecule has 1 fully saturated rings. The summed E-state index contributed by atoms with van der Waals surface area (Å²) >= 11 is 0. The second-order valence-electron chi connectivity index (χ2n) is 14.8. The Morgan fingerprint density at radius 2 is 0.983 bits per heavy atom. The maximum absolute atomic E-state index is 12.8. The average Bonchev–Trinajstić information content (AvgIpc) is 3.20. The van der Waals surface area contributed by atoms with Gasteiger partial charge in [0.05, 0.1) is 6.61 Å². The van der Waals surface area contributed by atoms with E-state index in [1.54, 1.807) is 0 Å². The Kier molecular flexibility index (Phi) is 31.7. The SMILES string of the molecule is CC/C=C/C/C=C/C/C=C/C/C=C/CCCCC(=O)OC[C@@H](COP(=O)(O)OC1C(O)C(O)C(O)[C@H](O)C1O)OC(=O)CCCCCCC/C=C/CCCCCCC. The molecule has 8 atom stereocenters. The predicted molar refractivity (Wildman–Crippen MR) is 226 cm³/mol. The fourth-order valence-electron chi connectivity index (χ4n) is 6.09. The molecule has 0 aromatic rings. The number of aliphatic hydroxyl groups is 5. The lowest BCUT2D eigenvalue weighted by molar-refractivity contribution is -0.220. The van der Waals surface area contributed by atoms with E-state index in [-0.39, 0.29) is 12.8 Å². The highest BCUT2D eigenvalue weighted by atomic mass is 31.2. The number of carbonyl (C=O) groups is 2. The van der Waals surface area contributed by atoms with Gasteiger partial charge in [-0.25, -0.2) is 4.57 Å². The van der Waals surface area contributed by atoms with Gasteiger partial charge in [0.15, 0.2) is 6.10 Å². The molecule has 14 heteroatoms. The molecule has 0 radical (unpaired) electrons. The zero-order valence-electron chi connectivity index (χ0n) is 35.1. The molecule has 0 aliphatic heterocycles. The van der Waals surface area contributed by atoms with Crippen LogP contribution in [0, 0.1) is 0 Å². The highest BCUT2D eigenvalue weighted by molar-refractivity contribution is 7.47. The first-order valence-corrected chi connectivity index (χ1v) is 23.1. The molecule has 0 aromatic carbocycles. The molecule has 6 N–H and O–H groups in total. The van der Waals surface area contributed by atoms with Crippen LogP contribution in [0.25, 0.3) is 0 Å². The Morgan fingerprint density at radius 3 is 1.55 bits per heavy atom. The Hall–Kier alpha value is -2.45. The smallest absolute Gasteiger partial charge is 0.462 e. The summed E-state index contributed by atoms with van der Waals surface area (Å²) < 4.78 is 33.4. The number of hydrogen-bond donors (Lipinski definition) is 6. The Balaban J connectivity index is 2.54. The number of unbranched alkanes of at least 4 members (excludes halogenated alkanes) is 12. The monoisotopic (exact) mass is 842 g/mol. The average molecular weight is 843 g/mol. The van der Waals surface area contributed by atoms with Gasteiger partial charge in [0.25, 0.3) is 0 Å². The largest absolute Gasteiger partial charge is 0.472 e. The first-order valence-electron chi connectivity index (χ1n) is 21.6. The molecule has 0 spiro atoms. The van der Waals surface area contributed by atoms with Crippen LogP contribution in [-0.2, 0) is 32.7 Å². The van der Waals surface area contributed by atoms with Crippen molar-refractivity contribution in [3.63, 3.8) is 0 Å². The third kappa shape index (κ3) is 26.6. The van der Waals surface area contributed by atoms with E-state index < -0.39 is 75.7 Å².